The molecule has 0 bridgehead atoms. The highest BCUT2D eigenvalue weighted by molar-refractivity contribution is 7.89. The van der Waals surface area contributed by atoms with Crippen molar-refractivity contribution in [2.24, 2.45) is 5.14 Å². The summed E-state index contributed by atoms with van der Waals surface area (Å²) in [5.74, 6) is -0.776. The number of carbonyl (C=O) groups excluding carboxylic acids is 2. The highest BCUT2D eigenvalue weighted by Gasteiger charge is 2.28. The predicted molar refractivity (Wildman–Crippen MR) is 92.1 cm³/mol. The summed E-state index contributed by atoms with van der Waals surface area (Å²) < 4.78 is 33.8. The maximum atomic E-state index is 12.3. The summed E-state index contributed by atoms with van der Waals surface area (Å²) in [4.78, 5) is 24.0. The van der Waals surface area contributed by atoms with Crippen LogP contribution in [0.5, 0.6) is 5.75 Å². The van der Waals surface area contributed by atoms with Crippen molar-refractivity contribution in [2.45, 2.75) is 25.7 Å². The van der Waals surface area contributed by atoms with Gasteiger partial charge in [-0.15, -0.1) is 0 Å². The van der Waals surface area contributed by atoms with Crippen LogP contribution < -0.4 is 20.7 Å². The number of hydrazine groups is 1. The SMILES string of the molecule is CCOc1ccc(C(=O)NNC(=O)c2c(C)oc(C)c2S(N)(=O)=O)cc1. The molecular formula is C16H19N3O6S. The summed E-state index contributed by atoms with van der Waals surface area (Å²) in [5.41, 5.74) is 4.39. The van der Waals surface area contributed by atoms with Crippen LogP contribution in [0.4, 0.5) is 0 Å². The first-order chi connectivity index (χ1) is 12.1. The fourth-order valence-electron chi connectivity index (χ4n) is 2.39. The minimum absolute atomic E-state index is 0.00649. The number of benzene rings is 1. The first kappa shape index (κ1) is 19.5. The molecule has 4 N–H and O–H groups in total. The topological polar surface area (TPSA) is 141 Å². The second kappa shape index (κ2) is 7.58. The predicted octanol–water partition coefficient (Wildman–Crippen LogP) is 1.02. The summed E-state index contributed by atoms with van der Waals surface area (Å²) in [7, 11) is -4.17. The van der Waals surface area contributed by atoms with Gasteiger partial charge >= 0.3 is 0 Å². The van der Waals surface area contributed by atoms with Crippen LogP contribution in [-0.2, 0) is 10.0 Å². The molecule has 1 aromatic carbocycles. The number of hydrogen-bond acceptors (Lipinski definition) is 6. The minimum atomic E-state index is -4.17. The van der Waals surface area contributed by atoms with E-state index < -0.39 is 26.7 Å². The lowest BCUT2D eigenvalue weighted by atomic mass is 10.2. The van der Waals surface area contributed by atoms with E-state index in [0.29, 0.717) is 12.4 Å². The van der Waals surface area contributed by atoms with Crippen molar-refractivity contribution in [1.29, 1.82) is 0 Å². The van der Waals surface area contributed by atoms with Gasteiger partial charge in [-0.05, 0) is 45.0 Å². The van der Waals surface area contributed by atoms with Gasteiger partial charge in [-0.2, -0.15) is 0 Å². The summed E-state index contributed by atoms with van der Waals surface area (Å²) in [5, 5.41) is 5.13. The third-order valence-electron chi connectivity index (χ3n) is 3.43. The number of carbonyl (C=O) groups is 2. The van der Waals surface area contributed by atoms with Gasteiger partial charge in [0.1, 0.15) is 27.7 Å². The van der Waals surface area contributed by atoms with E-state index in [1.165, 1.54) is 26.0 Å². The molecular weight excluding hydrogens is 362 g/mol. The van der Waals surface area contributed by atoms with E-state index in [-0.39, 0.29) is 22.6 Å². The number of nitrogens with two attached hydrogens (primary N) is 1. The maximum Gasteiger partial charge on any atom is 0.274 e. The van der Waals surface area contributed by atoms with Gasteiger partial charge in [0.05, 0.1) is 6.61 Å². The molecule has 0 unspecified atom stereocenters. The Morgan fingerprint density at radius 3 is 2.19 bits per heavy atom. The Balaban J connectivity index is 2.13. The lowest BCUT2D eigenvalue weighted by Crippen LogP contribution is -2.42. The number of rotatable bonds is 5. The van der Waals surface area contributed by atoms with Gasteiger partial charge in [-0.3, -0.25) is 20.4 Å². The van der Waals surface area contributed by atoms with E-state index in [9.17, 15) is 18.0 Å². The Kier molecular flexibility index (Phi) is 5.68. The van der Waals surface area contributed by atoms with Crippen molar-refractivity contribution in [2.75, 3.05) is 6.61 Å². The molecule has 9 nitrogen and oxygen atoms in total. The molecule has 26 heavy (non-hydrogen) atoms. The zero-order chi connectivity index (χ0) is 19.5. The van der Waals surface area contributed by atoms with Crippen LogP contribution >= 0.6 is 0 Å². The van der Waals surface area contributed by atoms with Crippen molar-refractivity contribution >= 4 is 21.8 Å². The minimum Gasteiger partial charge on any atom is -0.494 e. The normalized spacial score (nSPS) is 11.1. The molecule has 2 aromatic rings. The summed E-state index contributed by atoms with van der Waals surface area (Å²) >= 11 is 0. The molecule has 0 fully saturated rings. The molecule has 10 heteroatoms. The zero-order valence-corrected chi connectivity index (χ0v) is 15.3. The average Bonchev–Trinajstić information content (AvgIpc) is 2.87. The van der Waals surface area contributed by atoms with Gasteiger partial charge in [-0.25, -0.2) is 13.6 Å². The van der Waals surface area contributed by atoms with E-state index >= 15 is 0 Å². The number of hydrogen-bond donors (Lipinski definition) is 3. The molecule has 2 rings (SSSR count). The largest absolute Gasteiger partial charge is 0.494 e. The molecule has 1 heterocycles. The number of amides is 2. The molecule has 140 valence electrons. The highest BCUT2D eigenvalue weighted by atomic mass is 32.2. The van der Waals surface area contributed by atoms with Crippen LogP contribution in [0.25, 0.3) is 0 Å². The molecule has 0 aliphatic carbocycles. The Bertz CT molecular complexity index is 932. The van der Waals surface area contributed by atoms with Crippen LogP contribution in [-0.4, -0.2) is 26.8 Å². The van der Waals surface area contributed by atoms with Crippen LogP contribution in [0.1, 0.15) is 39.2 Å². The van der Waals surface area contributed by atoms with Gasteiger partial charge < -0.3 is 9.15 Å². The smallest absolute Gasteiger partial charge is 0.274 e. The quantitative estimate of drug-likeness (QED) is 0.660. The van der Waals surface area contributed by atoms with E-state index in [0.717, 1.165) is 0 Å². The van der Waals surface area contributed by atoms with Crippen molar-refractivity contribution < 1.29 is 27.2 Å². The number of nitrogens with one attached hydrogen (secondary N) is 2. The Morgan fingerprint density at radius 1 is 1.08 bits per heavy atom. The molecule has 1 aromatic heterocycles. The molecule has 2 amide bonds. The highest BCUT2D eigenvalue weighted by Crippen LogP contribution is 2.25. The summed E-state index contributed by atoms with van der Waals surface area (Å²) in [6, 6.07) is 6.27. The lowest BCUT2D eigenvalue weighted by Gasteiger charge is -2.09. The second-order valence-corrected chi connectivity index (χ2v) is 6.83. The first-order valence-corrected chi connectivity index (χ1v) is 9.16. The van der Waals surface area contributed by atoms with E-state index in [4.69, 9.17) is 14.3 Å². The molecule has 0 saturated heterocycles. The van der Waals surface area contributed by atoms with Crippen molar-refractivity contribution in [3.05, 3.63) is 46.9 Å². The number of aryl methyl sites for hydroxylation is 2. The van der Waals surface area contributed by atoms with Crippen LogP contribution in [0, 0.1) is 13.8 Å². The van der Waals surface area contributed by atoms with E-state index in [2.05, 4.69) is 10.9 Å². The lowest BCUT2D eigenvalue weighted by molar-refractivity contribution is 0.0844. The number of primary sulfonamides is 1. The van der Waals surface area contributed by atoms with Crippen LogP contribution in [0.2, 0.25) is 0 Å². The standard InChI is InChI=1S/C16H19N3O6S/c1-4-24-12-7-5-11(6-8-12)15(20)18-19-16(21)13-9(2)25-10(3)14(13)26(17,22)23/h5-8H,4H2,1-3H3,(H,18,20)(H,19,21)(H2,17,22,23). The fraction of sp³-hybridized carbons (Fsp3) is 0.250. The monoisotopic (exact) mass is 381 g/mol. The Hall–Kier alpha value is -2.85. The average molecular weight is 381 g/mol. The molecule has 0 saturated carbocycles. The van der Waals surface area contributed by atoms with E-state index in [1.807, 2.05) is 6.92 Å². The number of ether oxygens (including phenoxy) is 1. The molecule has 0 spiro atoms. The van der Waals surface area contributed by atoms with Gasteiger partial charge in [0.25, 0.3) is 11.8 Å². The maximum absolute atomic E-state index is 12.3. The van der Waals surface area contributed by atoms with Crippen molar-refractivity contribution in [3.8, 4) is 5.75 Å². The van der Waals surface area contributed by atoms with Gasteiger partial charge in [-0.1, -0.05) is 0 Å². The van der Waals surface area contributed by atoms with Crippen molar-refractivity contribution in [3.63, 3.8) is 0 Å². The van der Waals surface area contributed by atoms with Gasteiger partial charge in [0.2, 0.25) is 10.0 Å². The number of sulfonamides is 1. The molecule has 0 radical (unpaired) electrons. The third kappa shape index (κ3) is 4.21. The third-order valence-corrected chi connectivity index (χ3v) is 4.49. The van der Waals surface area contributed by atoms with Crippen molar-refractivity contribution in [1.82, 2.24) is 10.9 Å². The zero-order valence-electron chi connectivity index (χ0n) is 14.5. The first-order valence-electron chi connectivity index (χ1n) is 7.61. The molecule has 0 aliphatic heterocycles. The van der Waals surface area contributed by atoms with Crippen LogP contribution in [0.15, 0.2) is 33.6 Å². The van der Waals surface area contributed by atoms with E-state index in [1.54, 1.807) is 12.1 Å². The Morgan fingerprint density at radius 2 is 1.65 bits per heavy atom. The Labute approximate surface area is 150 Å². The molecule has 0 atom stereocenters. The fourth-order valence-corrected chi connectivity index (χ4v) is 3.35. The summed E-state index contributed by atoms with van der Waals surface area (Å²) in [6.07, 6.45) is 0. The van der Waals surface area contributed by atoms with Gasteiger partial charge in [0, 0.05) is 5.56 Å². The summed E-state index contributed by atoms with van der Waals surface area (Å²) in [6.45, 7) is 5.13. The van der Waals surface area contributed by atoms with Gasteiger partial charge in [0.15, 0.2) is 0 Å². The second-order valence-electron chi connectivity index (χ2n) is 5.33. The number of furan rings is 1. The van der Waals surface area contributed by atoms with Crippen LogP contribution in [0.3, 0.4) is 0 Å². The molecule has 0 aliphatic rings.